The number of fused-ring (bicyclic) bond motifs is 1. The molecule has 154 valence electrons. The summed E-state index contributed by atoms with van der Waals surface area (Å²) in [4.78, 5) is 0. The Labute approximate surface area is 177 Å². The van der Waals surface area contributed by atoms with E-state index >= 15 is 0 Å². The van der Waals surface area contributed by atoms with Gasteiger partial charge in [-0.15, -0.1) is 0 Å². The van der Waals surface area contributed by atoms with Crippen molar-refractivity contribution in [2.24, 2.45) is 0 Å². The molecule has 0 saturated carbocycles. The van der Waals surface area contributed by atoms with Gasteiger partial charge in [-0.2, -0.15) is 0 Å². The van der Waals surface area contributed by atoms with Crippen molar-refractivity contribution in [1.82, 2.24) is 0 Å². The fourth-order valence-corrected chi connectivity index (χ4v) is 4.17. The summed E-state index contributed by atoms with van der Waals surface area (Å²) in [5.41, 5.74) is 6.89. The highest BCUT2D eigenvalue weighted by molar-refractivity contribution is 5.95. The zero-order valence-corrected chi connectivity index (χ0v) is 18.0. The van der Waals surface area contributed by atoms with Crippen LogP contribution in [0.2, 0.25) is 0 Å². The Morgan fingerprint density at radius 1 is 0.667 bits per heavy atom. The van der Waals surface area contributed by atoms with Crippen LogP contribution in [0.1, 0.15) is 33.7 Å². The molecule has 0 spiro atoms. The lowest BCUT2D eigenvalue weighted by atomic mass is 9.84. The summed E-state index contributed by atoms with van der Waals surface area (Å²) in [6.07, 6.45) is 2.23. The van der Waals surface area contributed by atoms with Crippen LogP contribution in [-0.4, -0.2) is 28.4 Å². The monoisotopic (exact) mass is 402 g/mol. The number of hydrogen-bond donors (Lipinski definition) is 0. The van der Waals surface area contributed by atoms with Crippen molar-refractivity contribution >= 4 is 11.6 Å². The molecule has 4 rings (SSSR count). The third-order valence-electron chi connectivity index (χ3n) is 5.58. The molecule has 30 heavy (non-hydrogen) atoms. The van der Waals surface area contributed by atoms with Gasteiger partial charge in [0.1, 0.15) is 23.0 Å². The fourth-order valence-electron chi connectivity index (χ4n) is 4.17. The molecule has 0 N–H and O–H groups in total. The van der Waals surface area contributed by atoms with Crippen LogP contribution < -0.4 is 18.9 Å². The molecule has 1 aliphatic carbocycles. The molecule has 1 aliphatic rings. The molecule has 0 unspecified atom stereocenters. The number of aryl methyl sites for hydroxylation is 1. The van der Waals surface area contributed by atoms with Crippen LogP contribution in [0, 0.1) is 6.92 Å². The third-order valence-corrected chi connectivity index (χ3v) is 5.58. The lowest BCUT2D eigenvalue weighted by molar-refractivity contribution is 0.391. The van der Waals surface area contributed by atoms with Gasteiger partial charge in [-0.05, 0) is 71.2 Å². The molecule has 0 bridgehead atoms. The quantitative estimate of drug-likeness (QED) is 0.529. The topological polar surface area (TPSA) is 36.9 Å². The van der Waals surface area contributed by atoms with E-state index in [1.807, 2.05) is 24.3 Å². The van der Waals surface area contributed by atoms with Crippen molar-refractivity contribution < 1.29 is 18.9 Å². The fraction of sp³-hybridized carbons (Fsp3) is 0.231. The second-order valence-corrected chi connectivity index (χ2v) is 7.38. The molecule has 0 aliphatic heterocycles. The molecular weight excluding hydrogens is 376 g/mol. The lowest BCUT2D eigenvalue weighted by Gasteiger charge is -2.21. The van der Waals surface area contributed by atoms with Crippen LogP contribution in [0.4, 0.5) is 0 Å². The van der Waals surface area contributed by atoms with E-state index in [1.165, 1.54) is 11.1 Å². The molecule has 1 atom stereocenters. The Morgan fingerprint density at radius 2 is 1.33 bits per heavy atom. The minimum absolute atomic E-state index is 0.0262. The standard InChI is InChI=1S/C26H26O4/c1-16-10-18(12-21(11-16)28-3)23-14-19-13-22(29-4)15-24(30-5)26(19)25(23)17-6-8-20(27-2)9-7-17/h6-15,25H,1-5H3/t25-/m1/s1. The molecule has 3 aromatic rings. The summed E-state index contributed by atoms with van der Waals surface area (Å²) >= 11 is 0. The van der Waals surface area contributed by atoms with Crippen molar-refractivity contribution in [3.63, 3.8) is 0 Å². The van der Waals surface area contributed by atoms with Crippen molar-refractivity contribution in [1.29, 1.82) is 0 Å². The van der Waals surface area contributed by atoms with Gasteiger partial charge in [-0.25, -0.2) is 0 Å². The van der Waals surface area contributed by atoms with Crippen LogP contribution >= 0.6 is 0 Å². The molecular formula is C26H26O4. The molecule has 3 aromatic carbocycles. The third kappa shape index (κ3) is 3.50. The highest BCUT2D eigenvalue weighted by Crippen LogP contribution is 2.51. The second kappa shape index (κ2) is 8.15. The van der Waals surface area contributed by atoms with E-state index in [9.17, 15) is 0 Å². The van der Waals surface area contributed by atoms with E-state index in [-0.39, 0.29) is 5.92 Å². The van der Waals surface area contributed by atoms with Crippen LogP contribution in [0.3, 0.4) is 0 Å². The van der Waals surface area contributed by atoms with Crippen molar-refractivity contribution in [2.45, 2.75) is 12.8 Å². The van der Waals surface area contributed by atoms with Gasteiger partial charge in [0.05, 0.1) is 28.4 Å². The SMILES string of the molecule is COc1ccc([C@@H]2C(c3cc(C)cc(OC)c3)=Cc3cc(OC)cc(OC)c32)cc1. The lowest BCUT2D eigenvalue weighted by Crippen LogP contribution is -2.04. The Bertz CT molecular complexity index is 1100. The predicted octanol–water partition coefficient (Wildman–Crippen LogP) is 5.72. The summed E-state index contributed by atoms with van der Waals surface area (Å²) in [5.74, 6) is 3.30. The molecule has 0 radical (unpaired) electrons. The smallest absolute Gasteiger partial charge is 0.127 e. The summed E-state index contributed by atoms with van der Waals surface area (Å²) in [5, 5.41) is 0. The van der Waals surface area contributed by atoms with Crippen LogP contribution in [0.15, 0.2) is 54.6 Å². The Morgan fingerprint density at radius 3 is 1.97 bits per heavy atom. The van der Waals surface area contributed by atoms with Crippen LogP contribution in [0.25, 0.3) is 11.6 Å². The Balaban J connectivity index is 1.93. The number of ether oxygens (including phenoxy) is 4. The first-order valence-corrected chi connectivity index (χ1v) is 9.85. The summed E-state index contributed by atoms with van der Waals surface area (Å²) in [6.45, 7) is 2.08. The number of allylic oxidation sites excluding steroid dienone is 1. The summed E-state index contributed by atoms with van der Waals surface area (Å²) in [6, 6.07) is 18.6. The molecule has 0 aromatic heterocycles. The van der Waals surface area contributed by atoms with Crippen molar-refractivity contribution in [2.75, 3.05) is 28.4 Å². The maximum Gasteiger partial charge on any atom is 0.127 e. The van der Waals surface area contributed by atoms with E-state index in [0.29, 0.717) is 0 Å². The van der Waals surface area contributed by atoms with Gasteiger partial charge in [0.25, 0.3) is 0 Å². The zero-order valence-electron chi connectivity index (χ0n) is 18.0. The average molecular weight is 402 g/mol. The first-order valence-electron chi connectivity index (χ1n) is 9.85. The van der Waals surface area contributed by atoms with E-state index < -0.39 is 0 Å². The minimum Gasteiger partial charge on any atom is -0.497 e. The van der Waals surface area contributed by atoms with Gasteiger partial charge >= 0.3 is 0 Å². The normalized spacial score (nSPS) is 14.7. The van der Waals surface area contributed by atoms with Gasteiger partial charge in [-0.3, -0.25) is 0 Å². The highest BCUT2D eigenvalue weighted by Gasteiger charge is 2.32. The van der Waals surface area contributed by atoms with Gasteiger partial charge in [0.15, 0.2) is 0 Å². The molecule has 0 heterocycles. The van der Waals surface area contributed by atoms with Crippen LogP contribution in [0.5, 0.6) is 23.0 Å². The van der Waals surface area contributed by atoms with E-state index in [4.69, 9.17) is 18.9 Å². The van der Waals surface area contributed by atoms with E-state index in [1.54, 1.807) is 28.4 Å². The second-order valence-electron chi connectivity index (χ2n) is 7.38. The van der Waals surface area contributed by atoms with E-state index in [0.717, 1.165) is 45.3 Å². The average Bonchev–Trinajstić information content (AvgIpc) is 3.17. The first kappa shape index (κ1) is 19.9. The number of rotatable bonds is 6. The summed E-state index contributed by atoms with van der Waals surface area (Å²) in [7, 11) is 6.76. The van der Waals surface area contributed by atoms with Gasteiger partial charge in [0, 0.05) is 17.5 Å². The van der Waals surface area contributed by atoms with Gasteiger partial charge in [0.2, 0.25) is 0 Å². The number of hydrogen-bond acceptors (Lipinski definition) is 4. The van der Waals surface area contributed by atoms with Gasteiger partial charge in [-0.1, -0.05) is 18.2 Å². The Hall–Kier alpha value is -3.40. The predicted molar refractivity (Wildman–Crippen MR) is 120 cm³/mol. The summed E-state index contributed by atoms with van der Waals surface area (Å²) < 4.78 is 22.2. The van der Waals surface area contributed by atoms with E-state index in [2.05, 4.69) is 43.3 Å². The minimum atomic E-state index is 0.0262. The first-order chi connectivity index (χ1) is 14.6. The molecule has 0 fully saturated rings. The molecule has 4 nitrogen and oxygen atoms in total. The van der Waals surface area contributed by atoms with Crippen molar-refractivity contribution in [3.8, 4) is 23.0 Å². The largest absolute Gasteiger partial charge is 0.497 e. The molecule has 4 heteroatoms. The van der Waals surface area contributed by atoms with Crippen LogP contribution in [-0.2, 0) is 0 Å². The maximum atomic E-state index is 5.79. The molecule has 0 amide bonds. The number of methoxy groups -OCH3 is 4. The highest BCUT2D eigenvalue weighted by atomic mass is 16.5. The number of benzene rings is 3. The maximum absolute atomic E-state index is 5.79. The van der Waals surface area contributed by atoms with Crippen molar-refractivity contribution in [3.05, 3.63) is 82.4 Å². The molecule has 0 saturated heterocycles. The Kier molecular flexibility index (Phi) is 5.40. The van der Waals surface area contributed by atoms with Gasteiger partial charge < -0.3 is 18.9 Å². The zero-order chi connectivity index (χ0) is 21.3.